The maximum absolute atomic E-state index is 12.1. The standard InChI is InChI=1S/C16H14F3N5O2S/c1-11-21-22-15(24(11)23-8-2-3-9-23)27-10-14(25)20-12-4-6-13(7-5-12)26-16(17,18)19/h2-9H,10H2,1H3,(H,20,25). The molecule has 27 heavy (non-hydrogen) atoms. The van der Waals surface area contributed by atoms with Crippen molar-refractivity contribution in [3.63, 3.8) is 0 Å². The van der Waals surface area contributed by atoms with Crippen LogP contribution in [-0.4, -0.2) is 37.6 Å². The van der Waals surface area contributed by atoms with Gasteiger partial charge in [0.05, 0.1) is 5.75 Å². The Balaban J connectivity index is 1.58. The first-order valence-corrected chi connectivity index (χ1v) is 8.64. The molecule has 11 heteroatoms. The zero-order valence-electron chi connectivity index (χ0n) is 14.0. The van der Waals surface area contributed by atoms with E-state index in [1.54, 1.807) is 16.3 Å². The molecular weight excluding hydrogens is 383 g/mol. The van der Waals surface area contributed by atoms with Crippen LogP contribution in [0, 0.1) is 6.92 Å². The molecule has 0 unspecified atom stereocenters. The van der Waals surface area contributed by atoms with E-state index in [1.165, 1.54) is 23.9 Å². The Morgan fingerprint density at radius 2 is 1.85 bits per heavy atom. The summed E-state index contributed by atoms with van der Waals surface area (Å²) in [6.07, 6.45) is -1.11. The largest absolute Gasteiger partial charge is 0.573 e. The Bertz CT molecular complexity index is 907. The second kappa shape index (κ2) is 7.74. The highest BCUT2D eigenvalue weighted by atomic mass is 32.2. The second-order valence-corrected chi connectivity index (χ2v) is 6.26. The number of carbonyl (C=O) groups excluding carboxylic acids is 1. The number of alkyl halides is 3. The van der Waals surface area contributed by atoms with Crippen molar-refractivity contribution in [3.8, 4) is 5.75 Å². The average Bonchev–Trinajstić information content (AvgIpc) is 3.23. The van der Waals surface area contributed by atoms with Gasteiger partial charge in [0.15, 0.2) is 5.82 Å². The number of nitrogens with zero attached hydrogens (tertiary/aromatic N) is 4. The first-order chi connectivity index (χ1) is 12.8. The summed E-state index contributed by atoms with van der Waals surface area (Å²) in [5.41, 5.74) is 0.359. The molecule has 1 aromatic carbocycles. The Kier molecular flexibility index (Phi) is 5.40. The number of nitrogens with one attached hydrogen (secondary N) is 1. The minimum atomic E-state index is -4.75. The number of aryl methyl sites for hydroxylation is 1. The maximum Gasteiger partial charge on any atom is 0.573 e. The van der Waals surface area contributed by atoms with Crippen LogP contribution in [-0.2, 0) is 4.79 Å². The molecule has 7 nitrogen and oxygen atoms in total. The van der Waals surface area contributed by atoms with Gasteiger partial charge in [-0.1, -0.05) is 11.8 Å². The Morgan fingerprint density at radius 1 is 1.19 bits per heavy atom. The van der Waals surface area contributed by atoms with Gasteiger partial charge in [0.2, 0.25) is 11.1 Å². The third-order valence-electron chi connectivity index (χ3n) is 3.29. The lowest BCUT2D eigenvalue weighted by Crippen LogP contribution is -2.17. The minimum absolute atomic E-state index is 0.0558. The van der Waals surface area contributed by atoms with Gasteiger partial charge in [0.25, 0.3) is 0 Å². The van der Waals surface area contributed by atoms with Gasteiger partial charge in [0.1, 0.15) is 5.75 Å². The summed E-state index contributed by atoms with van der Waals surface area (Å²) in [7, 11) is 0. The molecule has 2 heterocycles. The summed E-state index contributed by atoms with van der Waals surface area (Å²) in [6, 6.07) is 8.62. The van der Waals surface area contributed by atoms with Crippen LogP contribution in [0.25, 0.3) is 0 Å². The van der Waals surface area contributed by atoms with Crippen LogP contribution >= 0.6 is 11.8 Å². The molecule has 1 N–H and O–H groups in total. The van der Waals surface area contributed by atoms with E-state index >= 15 is 0 Å². The first kappa shape index (κ1) is 18.8. The van der Waals surface area contributed by atoms with E-state index in [-0.39, 0.29) is 17.4 Å². The van der Waals surface area contributed by atoms with Crippen LogP contribution < -0.4 is 10.1 Å². The van der Waals surface area contributed by atoms with Crippen molar-refractivity contribution in [1.82, 2.24) is 19.5 Å². The predicted octanol–water partition coefficient (Wildman–Crippen LogP) is 3.33. The molecule has 3 aromatic rings. The third kappa shape index (κ3) is 5.03. The van der Waals surface area contributed by atoms with Gasteiger partial charge in [-0.05, 0) is 43.3 Å². The molecule has 0 aliphatic heterocycles. The Hall–Kier alpha value is -2.95. The van der Waals surface area contributed by atoms with Crippen molar-refractivity contribution in [2.24, 2.45) is 0 Å². The zero-order valence-corrected chi connectivity index (χ0v) is 14.8. The molecule has 0 bridgehead atoms. The molecule has 1 amide bonds. The molecule has 0 saturated carbocycles. The number of rotatable bonds is 6. The lowest BCUT2D eigenvalue weighted by atomic mass is 10.3. The molecule has 0 spiro atoms. The molecule has 0 aliphatic rings. The van der Waals surface area contributed by atoms with Gasteiger partial charge in [-0.3, -0.25) is 9.47 Å². The summed E-state index contributed by atoms with van der Waals surface area (Å²) in [4.78, 5) is 12.1. The van der Waals surface area contributed by atoms with E-state index in [0.717, 1.165) is 12.1 Å². The second-order valence-electron chi connectivity index (χ2n) is 5.31. The quantitative estimate of drug-likeness (QED) is 0.646. The van der Waals surface area contributed by atoms with Crippen LogP contribution in [0.5, 0.6) is 5.75 Å². The number of halogens is 3. The summed E-state index contributed by atoms with van der Waals surface area (Å²) in [5, 5.41) is 11.2. The van der Waals surface area contributed by atoms with Gasteiger partial charge in [-0.2, -0.15) is 0 Å². The van der Waals surface area contributed by atoms with Gasteiger partial charge < -0.3 is 10.1 Å². The smallest absolute Gasteiger partial charge is 0.406 e. The summed E-state index contributed by atoms with van der Waals surface area (Å²) in [5.74, 6) is 0.0314. The van der Waals surface area contributed by atoms with Crippen molar-refractivity contribution in [2.75, 3.05) is 11.1 Å². The van der Waals surface area contributed by atoms with E-state index in [1.807, 2.05) is 24.5 Å². The first-order valence-electron chi connectivity index (χ1n) is 7.66. The number of amides is 1. The normalized spacial score (nSPS) is 11.4. The van der Waals surface area contributed by atoms with Crippen LogP contribution in [0.2, 0.25) is 0 Å². The van der Waals surface area contributed by atoms with Crippen LogP contribution in [0.15, 0.2) is 53.9 Å². The molecule has 0 saturated heterocycles. The van der Waals surface area contributed by atoms with Crippen LogP contribution in [0.3, 0.4) is 0 Å². The van der Waals surface area contributed by atoms with E-state index in [2.05, 4.69) is 20.3 Å². The molecule has 142 valence electrons. The highest BCUT2D eigenvalue weighted by Crippen LogP contribution is 2.24. The number of hydrogen-bond acceptors (Lipinski definition) is 5. The molecule has 0 radical (unpaired) electrons. The lowest BCUT2D eigenvalue weighted by molar-refractivity contribution is -0.274. The Morgan fingerprint density at radius 3 is 2.48 bits per heavy atom. The van der Waals surface area contributed by atoms with Gasteiger partial charge >= 0.3 is 6.36 Å². The van der Waals surface area contributed by atoms with E-state index in [9.17, 15) is 18.0 Å². The molecule has 0 aliphatic carbocycles. The monoisotopic (exact) mass is 397 g/mol. The van der Waals surface area contributed by atoms with Crippen molar-refractivity contribution in [2.45, 2.75) is 18.4 Å². The van der Waals surface area contributed by atoms with Crippen LogP contribution in [0.4, 0.5) is 18.9 Å². The number of aromatic nitrogens is 4. The van der Waals surface area contributed by atoms with Crippen molar-refractivity contribution >= 4 is 23.4 Å². The predicted molar refractivity (Wildman–Crippen MR) is 92.5 cm³/mol. The van der Waals surface area contributed by atoms with E-state index in [4.69, 9.17) is 0 Å². The van der Waals surface area contributed by atoms with Gasteiger partial charge in [0, 0.05) is 18.1 Å². The molecule has 0 atom stereocenters. The van der Waals surface area contributed by atoms with Gasteiger partial charge in [-0.15, -0.1) is 23.4 Å². The van der Waals surface area contributed by atoms with Crippen molar-refractivity contribution < 1.29 is 22.7 Å². The zero-order chi connectivity index (χ0) is 19.4. The summed E-state index contributed by atoms with van der Waals surface area (Å²) < 4.78 is 43.7. The highest BCUT2D eigenvalue weighted by molar-refractivity contribution is 7.99. The van der Waals surface area contributed by atoms with E-state index in [0.29, 0.717) is 16.7 Å². The van der Waals surface area contributed by atoms with Crippen molar-refractivity contribution in [3.05, 3.63) is 54.6 Å². The molecular formula is C16H14F3N5O2S. The number of anilines is 1. The lowest BCUT2D eigenvalue weighted by Gasteiger charge is -2.10. The highest BCUT2D eigenvalue weighted by Gasteiger charge is 2.30. The number of thioether (sulfide) groups is 1. The third-order valence-corrected chi connectivity index (χ3v) is 4.21. The SMILES string of the molecule is Cc1nnc(SCC(=O)Nc2ccc(OC(F)(F)F)cc2)n1-n1cccc1. The average molecular weight is 397 g/mol. The topological polar surface area (TPSA) is 74.0 Å². The fourth-order valence-corrected chi connectivity index (χ4v) is 3.00. The van der Waals surface area contributed by atoms with Gasteiger partial charge in [-0.25, -0.2) is 4.68 Å². The Labute approximate surface area is 156 Å². The molecule has 0 fully saturated rings. The molecule has 2 aromatic heterocycles. The number of carbonyl (C=O) groups is 1. The summed E-state index contributed by atoms with van der Waals surface area (Å²) >= 11 is 1.19. The van der Waals surface area contributed by atoms with E-state index < -0.39 is 6.36 Å². The molecule has 3 rings (SSSR count). The number of benzene rings is 1. The fraction of sp³-hybridized carbons (Fsp3) is 0.188. The number of ether oxygens (including phenoxy) is 1. The van der Waals surface area contributed by atoms with Crippen LogP contribution in [0.1, 0.15) is 5.82 Å². The van der Waals surface area contributed by atoms with Crippen molar-refractivity contribution in [1.29, 1.82) is 0 Å². The summed E-state index contributed by atoms with van der Waals surface area (Å²) in [6.45, 7) is 1.79. The fourth-order valence-electron chi connectivity index (χ4n) is 2.22. The maximum atomic E-state index is 12.1. The minimum Gasteiger partial charge on any atom is -0.406 e. The number of hydrogen-bond donors (Lipinski definition) is 1.